The predicted octanol–water partition coefficient (Wildman–Crippen LogP) is 0.729. The summed E-state index contributed by atoms with van der Waals surface area (Å²) in [5, 5.41) is 6.36. The van der Waals surface area contributed by atoms with Gasteiger partial charge < -0.3 is 10.6 Å². The minimum atomic E-state index is 0.185. The van der Waals surface area contributed by atoms with Gasteiger partial charge in [0.1, 0.15) is 0 Å². The van der Waals surface area contributed by atoms with Gasteiger partial charge in [0.05, 0.1) is 0 Å². The van der Waals surface area contributed by atoms with Crippen molar-refractivity contribution in [1.82, 2.24) is 15.5 Å². The molecule has 0 unspecified atom stereocenters. The minimum Gasteiger partial charge on any atom is -0.355 e. The summed E-state index contributed by atoms with van der Waals surface area (Å²) in [5.41, 5.74) is 0. The zero-order valence-corrected chi connectivity index (χ0v) is 10.9. The maximum Gasteiger partial charge on any atom is 0.221 e. The summed E-state index contributed by atoms with van der Waals surface area (Å²) < 4.78 is 0. The smallest absolute Gasteiger partial charge is 0.221 e. The topological polar surface area (TPSA) is 44.4 Å². The summed E-state index contributed by atoms with van der Waals surface area (Å²) in [6.45, 7) is 5.93. The van der Waals surface area contributed by atoms with Crippen molar-refractivity contribution in [2.75, 3.05) is 26.2 Å². The van der Waals surface area contributed by atoms with Gasteiger partial charge in [0.25, 0.3) is 0 Å². The number of amides is 1. The first-order valence-corrected chi connectivity index (χ1v) is 7.03. The number of hydrogen-bond acceptors (Lipinski definition) is 3. The highest BCUT2D eigenvalue weighted by molar-refractivity contribution is 5.76. The summed E-state index contributed by atoms with van der Waals surface area (Å²) in [6, 6.07) is 1.50. The third-order valence-electron chi connectivity index (χ3n) is 3.55. The lowest BCUT2D eigenvalue weighted by Crippen LogP contribution is -2.37. The molecule has 1 amide bonds. The van der Waals surface area contributed by atoms with Crippen molar-refractivity contribution < 1.29 is 4.79 Å². The van der Waals surface area contributed by atoms with Gasteiger partial charge in [0.15, 0.2) is 0 Å². The molecule has 4 heteroatoms. The van der Waals surface area contributed by atoms with Crippen LogP contribution in [0.4, 0.5) is 0 Å². The molecule has 2 saturated carbocycles. The van der Waals surface area contributed by atoms with Crippen molar-refractivity contribution in [3.05, 3.63) is 0 Å². The first-order valence-electron chi connectivity index (χ1n) is 7.03. The van der Waals surface area contributed by atoms with Gasteiger partial charge in [0, 0.05) is 38.1 Å². The summed E-state index contributed by atoms with van der Waals surface area (Å²) >= 11 is 0. The highest BCUT2D eigenvalue weighted by Crippen LogP contribution is 2.25. The lowest BCUT2D eigenvalue weighted by Gasteiger charge is -2.19. The molecule has 0 aromatic heterocycles. The first kappa shape index (κ1) is 12.8. The molecule has 0 heterocycles. The Bertz CT molecular complexity index is 249. The summed E-state index contributed by atoms with van der Waals surface area (Å²) in [4.78, 5) is 14.0. The third kappa shape index (κ3) is 5.04. The van der Waals surface area contributed by atoms with Crippen LogP contribution in [0.1, 0.15) is 39.0 Å². The molecular formula is C13H25N3O. The molecule has 0 aromatic carbocycles. The van der Waals surface area contributed by atoms with Gasteiger partial charge >= 0.3 is 0 Å². The molecule has 2 fully saturated rings. The quantitative estimate of drug-likeness (QED) is 0.623. The molecule has 0 aromatic rings. The molecule has 0 spiro atoms. The number of rotatable bonds is 9. The Hall–Kier alpha value is -0.610. The average Bonchev–Trinajstić information content (AvgIpc) is 3.15. The van der Waals surface area contributed by atoms with Gasteiger partial charge in [-0.1, -0.05) is 6.92 Å². The Kier molecular flexibility index (Phi) is 4.80. The van der Waals surface area contributed by atoms with Gasteiger partial charge in [-0.3, -0.25) is 9.69 Å². The van der Waals surface area contributed by atoms with Gasteiger partial charge in [-0.15, -0.1) is 0 Å². The van der Waals surface area contributed by atoms with E-state index in [2.05, 4.69) is 22.5 Å². The van der Waals surface area contributed by atoms with Crippen LogP contribution >= 0.6 is 0 Å². The highest BCUT2D eigenvalue weighted by Gasteiger charge is 2.27. The summed E-state index contributed by atoms with van der Waals surface area (Å²) in [7, 11) is 0. The largest absolute Gasteiger partial charge is 0.355 e. The highest BCUT2D eigenvalue weighted by atomic mass is 16.1. The lowest BCUT2D eigenvalue weighted by atomic mass is 10.3. The van der Waals surface area contributed by atoms with Crippen LogP contribution in [0.2, 0.25) is 0 Å². The van der Waals surface area contributed by atoms with E-state index in [9.17, 15) is 4.79 Å². The van der Waals surface area contributed by atoms with E-state index < -0.39 is 0 Å². The van der Waals surface area contributed by atoms with E-state index in [-0.39, 0.29) is 5.91 Å². The minimum absolute atomic E-state index is 0.185. The first-order chi connectivity index (χ1) is 8.29. The number of carbonyl (C=O) groups excluding carboxylic acids is 1. The zero-order valence-electron chi connectivity index (χ0n) is 10.9. The monoisotopic (exact) mass is 239 g/mol. The van der Waals surface area contributed by atoms with Crippen LogP contribution in [0.25, 0.3) is 0 Å². The normalized spacial score (nSPS) is 19.6. The molecule has 17 heavy (non-hydrogen) atoms. The van der Waals surface area contributed by atoms with Crippen molar-refractivity contribution >= 4 is 5.91 Å². The van der Waals surface area contributed by atoms with Crippen molar-refractivity contribution in [2.45, 2.75) is 51.1 Å². The van der Waals surface area contributed by atoms with Crippen LogP contribution in [-0.2, 0) is 4.79 Å². The second kappa shape index (κ2) is 6.36. The van der Waals surface area contributed by atoms with Gasteiger partial charge in [-0.2, -0.15) is 0 Å². The van der Waals surface area contributed by atoms with Crippen molar-refractivity contribution in [1.29, 1.82) is 0 Å². The molecule has 2 aliphatic rings. The van der Waals surface area contributed by atoms with Crippen molar-refractivity contribution in [3.8, 4) is 0 Å². The second-order valence-corrected chi connectivity index (χ2v) is 5.19. The standard InChI is InChI=1S/C13H25N3O/c1-2-16(12-5-6-12)10-9-15-13(17)7-8-14-11-3-4-11/h11-12,14H,2-10H2,1H3,(H,15,17). The second-order valence-electron chi connectivity index (χ2n) is 5.19. The Morgan fingerprint density at radius 2 is 2.00 bits per heavy atom. The maximum atomic E-state index is 11.5. The molecule has 0 aliphatic heterocycles. The predicted molar refractivity (Wildman–Crippen MR) is 68.9 cm³/mol. The number of nitrogens with one attached hydrogen (secondary N) is 2. The molecule has 4 nitrogen and oxygen atoms in total. The molecule has 2 N–H and O–H groups in total. The number of carbonyl (C=O) groups is 1. The van der Waals surface area contributed by atoms with Crippen LogP contribution in [0.15, 0.2) is 0 Å². The number of hydrogen-bond donors (Lipinski definition) is 2. The van der Waals surface area contributed by atoms with E-state index >= 15 is 0 Å². The lowest BCUT2D eigenvalue weighted by molar-refractivity contribution is -0.121. The molecule has 0 atom stereocenters. The molecule has 0 bridgehead atoms. The Balaban J connectivity index is 1.46. The summed E-state index contributed by atoms with van der Waals surface area (Å²) in [6.07, 6.45) is 5.87. The van der Waals surface area contributed by atoms with Crippen LogP contribution in [0.3, 0.4) is 0 Å². The molecule has 2 aliphatic carbocycles. The molecule has 0 saturated heterocycles. The maximum absolute atomic E-state index is 11.5. The number of nitrogens with zero attached hydrogens (tertiary/aromatic N) is 1. The van der Waals surface area contributed by atoms with Gasteiger partial charge in [0.2, 0.25) is 5.91 Å². The Morgan fingerprint density at radius 1 is 1.24 bits per heavy atom. The third-order valence-corrected chi connectivity index (χ3v) is 3.55. The van der Waals surface area contributed by atoms with Crippen molar-refractivity contribution in [3.63, 3.8) is 0 Å². The van der Waals surface area contributed by atoms with Crippen LogP contribution in [0.5, 0.6) is 0 Å². The number of likely N-dealkylation sites (N-methyl/N-ethyl adjacent to an activating group) is 1. The average molecular weight is 239 g/mol. The van der Waals surface area contributed by atoms with Gasteiger partial charge in [-0.05, 0) is 32.2 Å². The van der Waals surface area contributed by atoms with Crippen LogP contribution < -0.4 is 10.6 Å². The van der Waals surface area contributed by atoms with E-state index in [1.165, 1.54) is 25.7 Å². The Morgan fingerprint density at radius 3 is 2.59 bits per heavy atom. The molecular weight excluding hydrogens is 214 g/mol. The molecule has 2 rings (SSSR count). The molecule has 0 radical (unpaired) electrons. The fourth-order valence-electron chi connectivity index (χ4n) is 2.14. The fraction of sp³-hybridized carbons (Fsp3) is 0.923. The van der Waals surface area contributed by atoms with Crippen molar-refractivity contribution in [2.24, 2.45) is 0 Å². The van der Waals surface area contributed by atoms with Crippen LogP contribution in [-0.4, -0.2) is 49.1 Å². The fourth-order valence-corrected chi connectivity index (χ4v) is 2.14. The summed E-state index contributed by atoms with van der Waals surface area (Å²) in [5.74, 6) is 0.185. The molecule has 98 valence electrons. The van der Waals surface area contributed by atoms with E-state index in [1.54, 1.807) is 0 Å². The van der Waals surface area contributed by atoms with E-state index in [4.69, 9.17) is 0 Å². The Labute approximate surface area is 104 Å². The SMILES string of the molecule is CCN(CCNC(=O)CCNC1CC1)C1CC1. The zero-order chi connectivity index (χ0) is 12.1. The van der Waals surface area contributed by atoms with E-state index in [0.29, 0.717) is 12.5 Å². The van der Waals surface area contributed by atoms with Crippen LogP contribution in [0, 0.1) is 0 Å². The van der Waals surface area contributed by atoms with Gasteiger partial charge in [-0.25, -0.2) is 0 Å². The van der Waals surface area contributed by atoms with E-state index in [0.717, 1.165) is 32.2 Å². The van der Waals surface area contributed by atoms with E-state index in [1.807, 2.05) is 0 Å².